The molecule has 0 radical (unpaired) electrons. The summed E-state index contributed by atoms with van der Waals surface area (Å²) in [6.07, 6.45) is 0. The SMILES string of the molecule is CC1(C)c2ccccc2-c2ccc(N(c3ccc(-c4ccc5c(c4)c4ccccc4n5-c4ccccc4)cc3)c3ccc(-c4c(F)c(F)c(F)c(F)c4F)cc3)cc21. The van der Waals surface area contributed by atoms with Crippen LogP contribution in [0.2, 0.25) is 0 Å². The minimum Gasteiger partial charge on any atom is -0.310 e. The highest BCUT2D eigenvalue weighted by atomic mass is 19.2. The van der Waals surface area contributed by atoms with E-state index in [0.717, 1.165) is 61.1 Å². The number of hydrogen-bond acceptors (Lipinski definition) is 1. The Labute approximate surface area is 331 Å². The van der Waals surface area contributed by atoms with Gasteiger partial charge < -0.3 is 9.47 Å². The maximum Gasteiger partial charge on any atom is 0.200 e. The Hall–Kier alpha value is -6.99. The molecule has 1 aliphatic rings. The van der Waals surface area contributed by atoms with Crippen LogP contribution in [0.4, 0.5) is 39.0 Å². The number of anilines is 3. The standard InChI is InChI=1S/C51H33F5N2/c1-51(2)41-14-8-6-12-37(41)38-26-25-36(29-42(38)51)57(35-23-18-31(19-24-35)45-46(52)48(54)50(56)49(55)47(45)53)34-21-16-30(17-22-34)32-20-27-44-40(28-32)39-13-7-9-15-43(39)58(44)33-10-4-3-5-11-33/h3-29H,1-2H3. The number of para-hydroxylation sites is 2. The van der Waals surface area contributed by atoms with Crippen LogP contribution in [-0.4, -0.2) is 4.57 Å². The molecule has 1 heterocycles. The van der Waals surface area contributed by atoms with Crippen molar-refractivity contribution in [1.29, 1.82) is 0 Å². The van der Waals surface area contributed by atoms with Crippen LogP contribution in [0, 0.1) is 29.1 Å². The average Bonchev–Trinajstić information content (AvgIpc) is 3.71. The third-order valence-electron chi connectivity index (χ3n) is 11.6. The first-order valence-electron chi connectivity index (χ1n) is 19.0. The molecule has 10 rings (SSSR count). The predicted octanol–water partition coefficient (Wildman–Crippen LogP) is 14.6. The quantitative estimate of drug-likeness (QED) is 0.0929. The van der Waals surface area contributed by atoms with Crippen molar-refractivity contribution in [3.63, 3.8) is 0 Å². The number of rotatable bonds is 6. The van der Waals surface area contributed by atoms with Gasteiger partial charge in [0.05, 0.1) is 16.6 Å². The molecule has 0 saturated heterocycles. The third kappa shape index (κ3) is 5.37. The van der Waals surface area contributed by atoms with E-state index < -0.39 is 34.6 Å². The van der Waals surface area contributed by atoms with Crippen LogP contribution in [0.1, 0.15) is 25.0 Å². The molecule has 58 heavy (non-hydrogen) atoms. The van der Waals surface area contributed by atoms with Crippen molar-refractivity contribution in [1.82, 2.24) is 4.57 Å². The molecular formula is C51H33F5N2. The molecule has 0 bridgehead atoms. The van der Waals surface area contributed by atoms with Crippen LogP contribution in [0.25, 0.3) is 60.9 Å². The van der Waals surface area contributed by atoms with Crippen molar-refractivity contribution in [3.8, 4) is 39.1 Å². The first kappa shape index (κ1) is 35.4. The van der Waals surface area contributed by atoms with Crippen LogP contribution < -0.4 is 4.90 Å². The lowest BCUT2D eigenvalue weighted by Gasteiger charge is -2.28. The molecule has 0 fully saturated rings. The fourth-order valence-electron chi connectivity index (χ4n) is 8.72. The van der Waals surface area contributed by atoms with Gasteiger partial charge in [0.25, 0.3) is 0 Å². The summed E-state index contributed by atoms with van der Waals surface area (Å²) in [5.74, 6) is -9.91. The molecule has 1 aliphatic carbocycles. The second-order valence-corrected chi connectivity index (χ2v) is 15.2. The first-order valence-corrected chi connectivity index (χ1v) is 19.0. The molecule has 0 saturated carbocycles. The largest absolute Gasteiger partial charge is 0.310 e. The molecule has 2 nitrogen and oxygen atoms in total. The van der Waals surface area contributed by atoms with Gasteiger partial charge in [-0.1, -0.05) is 111 Å². The van der Waals surface area contributed by atoms with Crippen LogP contribution in [0.5, 0.6) is 0 Å². The minimum atomic E-state index is -2.19. The van der Waals surface area contributed by atoms with Gasteiger partial charge in [0.1, 0.15) is 0 Å². The summed E-state index contributed by atoms with van der Waals surface area (Å²) in [5.41, 5.74) is 11.0. The van der Waals surface area contributed by atoms with E-state index in [9.17, 15) is 22.0 Å². The summed E-state index contributed by atoms with van der Waals surface area (Å²) in [6, 6.07) is 54.1. The lowest BCUT2D eigenvalue weighted by atomic mass is 9.82. The Balaban J connectivity index is 1.08. The highest BCUT2D eigenvalue weighted by Crippen LogP contribution is 2.51. The second kappa shape index (κ2) is 13.3. The lowest BCUT2D eigenvalue weighted by molar-refractivity contribution is 0.381. The molecule has 7 heteroatoms. The van der Waals surface area contributed by atoms with Crippen molar-refractivity contribution in [2.75, 3.05) is 4.90 Å². The van der Waals surface area contributed by atoms with Gasteiger partial charge in [-0.3, -0.25) is 0 Å². The van der Waals surface area contributed by atoms with Crippen LogP contribution in [0.3, 0.4) is 0 Å². The molecule has 0 unspecified atom stereocenters. The van der Waals surface area contributed by atoms with Crippen LogP contribution in [0.15, 0.2) is 164 Å². The zero-order chi connectivity index (χ0) is 39.9. The molecule has 9 aromatic rings. The Morgan fingerprint density at radius 1 is 0.414 bits per heavy atom. The Morgan fingerprint density at radius 2 is 0.948 bits per heavy atom. The molecule has 8 aromatic carbocycles. The van der Waals surface area contributed by atoms with Crippen LogP contribution in [-0.2, 0) is 5.41 Å². The Kier molecular flexibility index (Phi) is 8.13. The Bertz CT molecular complexity index is 3050. The summed E-state index contributed by atoms with van der Waals surface area (Å²) in [6.45, 7) is 4.40. The van der Waals surface area contributed by atoms with Gasteiger partial charge in [-0.05, 0) is 106 Å². The molecule has 0 N–H and O–H groups in total. The fourth-order valence-corrected chi connectivity index (χ4v) is 8.72. The molecule has 282 valence electrons. The maximum atomic E-state index is 14.9. The van der Waals surface area contributed by atoms with E-state index in [2.05, 4.69) is 109 Å². The monoisotopic (exact) mass is 768 g/mol. The molecule has 0 spiro atoms. The molecular weight excluding hydrogens is 736 g/mol. The smallest absolute Gasteiger partial charge is 0.200 e. The number of benzene rings is 8. The second-order valence-electron chi connectivity index (χ2n) is 15.2. The van der Waals surface area contributed by atoms with Gasteiger partial charge in [0.2, 0.25) is 5.82 Å². The fraction of sp³-hybridized carbons (Fsp3) is 0.0588. The van der Waals surface area contributed by atoms with Gasteiger partial charge in [-0.25, -0.2) is 22.0 Å². The predicted molar refractivity (Wildman–Crippen MR) is 224 cm³/mol. The van der Waals surface area contributed by atoms with E-state index in [1.54, 1.807) is 12.1 Å². The summed E-state index contributed by atoms with van der Waals surface area (Å²) < 4.78 is 74.4. The zero-order valence-electron chi connectivity index (χ0n) is 31.4. The average molecular weight is 769 g/mol. The van der Waals surface area contributed by atoms with Crippen molar-refractivity contribution < 1.29 is 22.0 Å². The maximum absolute atomic E-state index is 14.9. The number of nitrogens with zero attached hydrogens (tertiary/aromatic N) is 2. The van der Waals surface area contributed by atoms with Gasteiger partial charge in [-0.2, -0.15) is 0 Å². The molecule has 0 amide bonds. The zero-order valence-corrected chi connectivity index (χ0v) is 31.4. The van der Waals surface area contributed by atoms with Gasteiger partial charge in [0, 0.05) is 38.9 Å². The number of fused-ring (bicyclic) bond motifs is 6. The third-order valence-corrected chi connectivity index (χ3v) is 11.6. The van der Waals surface area contributed by atoms with E-state index in [-0.39, 0.29) is 11.0 Å². The van der Waals surface area contributed by atoms with E-state index in [4.69, 9.17) is 0 Å². The minimum absolute atomic E-state index is 0.138. The van der Waals surface area contributed by atoms with E-state index >= 15 is 0 Å². The van der Waals surface area contributed by atoms with E-state index in [1.165, 1.54) is 23.3 Å². The number of halogens is 5. The normalized spacial score (nSPS) is 12.9. The van der Waals surface area contributed by atoms with E-state index in [0.29, 0.717) is 5.69 Å². The topological polar surface area (TPSA) is 8.17 Å². The summed E-state index contributed by atoms with van der Waals surface area (Å²) in [5, 5.41) is 2.29. The highest BCUT2D eigenvalue weighted by molar-refractivity contribution is 6.10. The van der Waals surface area contributed by atoms with Gasteiger partial charge >= 0.3 is 0 Å². The van der Waals surface area contributed by atoms with E-state index in [1.807, 2.05) is 53.4 Å². The van der Waals surface area contributed by atoms with Crippen molar-refractivity contribution in [2.45, 2.75) is 19.3 Å². The van der Waals surface area contributed by atoms with Crippen molar-refractivity contribution in [3.05, 3.63) is 204 Å². The molecule has 0 aliphatic heterocycles. The molecule has 0 atom stereocenters. The molecule has 1 aromatic heterocycles. The lowest BCUT2D eigenvalue weighted by Crippen LogP contribution is -2.16. The van der Waals surface area contributed by atoms with Crippen molar-refractivity contribution >= 4 is 38.9 Å². The first-order chi connectivity index (χ1) is 28.1. The Morgan fingerprint density at radius 3 is 1.66 bits per heavy atom. The van der Waals surface area contributed by atoms with Crippen LogP contribution >= 0.6 is 0 Å². The van der Waals surface area contributed by atoms with Crippen molar-refractivity contribution in [2.24, 2.45) is 0 Å². The highest BCUT2D eigenvalue weighted by Gasteiger charge is 2.36. The van der Waals surface area contributed by atoms with Gasteiger partial charge in [0.15, 0.2) is 23.3 Å². The van der Waals surface area contributed by atoms with Gasteiger partial charge in [-0.15, -0.1) is 0 Å². The summed E-state index contributed by atoms with van der Waals surface area (Å²) in [7, 11) is 0. The summed E-state index contributed by atoms with van der Waals surface area (Å²) >= 11 is 0. The number of hydrogen-bond donors (Lipinski definition) is 0. The number of aromatic nitrogens is 1. The summed E-state index contributed by atoms with van der Waals surface area (Å²) in [4.78, 5) is 2.03.